The molecule has 32 heavy (non-hydrogen) atoms. The third-order valence-corrected chi connectivity index (χ3v) is 4.87. The van der Waals surface area contributed by atoms with Crippen LogP contribution in [-0.4, -0.2) is 32.0 Å². The third-order valence-electron chi connectivity index (χ3n) is 4.87. The van der Waals surface area contributed by atoms with Gasteiger partial charge in [-0.1, -0.05) is 36.4 Å². The van der Waals surface area contributed by atoms with E-state index in [1.165, 1.54) is 0 Å². The molecule has 10 nitrogen and oxygen atoms in total. The van der Waals surface area contributed by atoms with Crippen molar-refractivity contribution in [1.29, 1.82) is 0 Å². The van der Waals surface area contributed by atoms with Gasteiger partial charge in [-0.3, -0.25) is 9.59 Å². The summed E-state index contributed by atoms with van der Waals surface area (Å²) in [7, 11) is 0. The predicted molar refractivity (Wildman–Crippen MR) is 117 cm³/mol. The molecule has 0 bridgehead atoms. The van der Waals surface area contributed by atoms with Crippen molar-refractivity contribution in [3.63, 3.8) is 0 Å². The molecule has 0 radical (unpaired) electrons. The van der Waals surface area contributed by atoms with Gasteiger partial charge in [0.25, 0.3) is 11.8 Å². The highest BCUT2D eigenvalue weighted by atomic mass is 16.3. The highest BCUT2D eigenvalue weighted by Crippen LogP contribution is 2.36. The van der Waals surface area contributed by atoms with Gasteiger partial charge in [0.2, 0.25) is 11.8 Å². The van der Waals surface area contributed by atoms with E-state index in [2.05, 4.69) is 30.4 Å². The molecule has 4 aromatic rings. The summed E-state index contributed by atoms with van der Waals surface area (Å²) in [6.45, 7) is 0. The number of aromatic hydroxyl groups is 2. The number of hydrogen-bond acceptors (Lipinski definition) is 6. The molecule has 2 aromatic heterocycles. The van der Waals surface area contributed by atoms with Crippen molar-refractivity contribution < 1.29 is 19.8 Å². The van der Waals surface area contributed by atoms with Gasteiger partial charge in [-0.2, -0.15) is 0 Å². The first-order valence-corrected chi connectivity index (χ1v) is 10.0. The summed E-state index contributed by atoms with van der Waals surface area (Å²) < 4.78 is 0. The number of hydrogen-bond donors (Lipinski definition) is 4. The summed E-state index contributed by atoms with van der Waals surface area (Å²) in [6.07, 6.45) is 1.08. The molecular weight excluding hydrogens is 412 g/mol. The molecule has 0 unspecified atom stereocenters. The number of nitrogens with zero attached hydrogens (tertiary/aromatic N) is 4. The molecule has 0 aliphatic carbocycles. The first-order chi connectivity index (χ1) is 15.5. The number of fused-ring (bicyclic) bond motifs is 2. The van der Waals surface area contributed by atoms with Gasteiger partial charge in [0.05, 0.1) is 11.0 Å². The molecule has 0 spiro atoms. The van der Waals surface area contributed by atoms with Crippen molar-refractivity contribution in [3.8, 4) is 11.8 Å². The highest BCUT2D eigenvalue weighted by molar-refractivity contribution is 5.95. The summed E-state index contributed by atoms with van der Waals surface area (Å²) in [5.74, 6) is -1.21. The molecule has 162 valence electrons. The first kappa shape index (κ1) is 20.9. The van der Waals surface area contributed by atoms with Crippen molar-refractivity contribution in [3.05, 3.63) is 48.5 Å². The van der Waals surface area contributed by atoms with Gasteiger partial charge in [0.1, 0.15) is 0 Å². The average Bonchev–Trinajstić information content (AvgIpc) is 3.28. The molecule has 2 heterocycles. The van der Waals surface area contributed by atoms with Gasteiger partial charge in [-0.25, -0.2) is 0 Å². The molecule has 0 fully saturated rings. The number of amides is 2. The fourth-order valence-corrected chi connectivity index (χ4v) is 3.29. The van der Waals surface area contributed by atoms with Crippen LogP contribution in [0.25, 0.3) is 21.8 Å². The fourth-order valence-electron chi connectivity index (χ4n) is 3.29. The number of rotatable bonds is 7. The zero-order valence-electron chi connectivity index (χ0n) is 16.9. The van der Waals surface area contributed by atoms with Crippen LogP contribution in [-0.2, 0) is 9.59 Å². The highest BCUT2D eigenvalue weighted by Gasteiger charge is 2.12. The second-order valence-corrected chi connectivity index (χ2v) is 7.13. The second-order valence-electron chi connectivity index (χ2n) is 7.13. The molecular formula is C22H20N6O4. The van der Waals surface area contributed by atoms with Crippen molar-refractivity contribution in [2.24, 2.45) is 20.5 Å². The lowest BCUT2D eigenvalue weighted by atomic mass is 10.2. The SMILES string of the molecule is O=C(CCCCC(=O)N=Nc1c(O)[nH]c2ccccc12)N=Nc1c(O)[nH]c2ccccc12. The fraction of sp³-hybridized carbons (Fsp3) is 0.182. The maximum atomic E-state index is 12.0. The third kappa shape index (κ3) is 4.53. The minimum absolute atomic E-state index is 0.111. The van der Waals surface area contributed by atoms with Gasteiger partial charge in [-0.05, 0) is 25.0 Å². The Kier molecular flexibility index (Phi) is 6.02. The Bertz CT molecular complexity index is 1250. The Hall–Kier alpha value is -4.34. The lowest BCUT2D eigenvalue weighted by molar-refractivity contribution is -0.120. The number of azo groups is 2. The number of para-hydroxylation sites is 2. The van der Waals surface area contributed by atoms with Crippen molar-refractivity contribution in [1.82, 2.24) is 9.97 Å². The van der Waals surface area contributed by atoms with Crippen LogP contribution in [0.3, 0.4) is 0 Å². The topological polar surface area (TPSA) is 156 Å². The van der Waals surface area contributed by atoms with Crippen LogP contribution in [0.15, 0.2) is 69.0 Å². The van der Waals surface area contributed by atoms with E-state index < -0.39 is 11.8 Å². The Balaban J connectivity index is 1.26. The second kappa shape index (κ2) is 9.21. The number of unbranched alkanes of at least 4 members (excludes halogenated alkanes) is 1. The molecule has 0 aliphatic rings. The zero-order valence-corrected chi connectivity index (χ0v) is 16.9. The van der Waals surface area contributed by atoms with Crippen LogP contribution in [0, 0.1) is 0 Å². The summed E-state index contributed by atoms with van der Waals surface area (Å²) in [5.41, 5.74) is 1.82. The molecule has 0 atom stereocenters. The Morgan fingerprint density at radius 1 is 0.688 bits per heavy atom. The van der Waals surface area contributed by atoms with E-state index in [0.29, 0.717) is 34.6 Å². The van der Waals surface area contributed by atoms with Crippen molar-refractivity contribution >= 4 is 45.0 Å². The molecule has 0 saturated carbocycles. The standard InChI is InChI=1S/C22H20N6O4/c29-17(25-27-19-13-7-1-3-9-15(13)23-21(19)31)11-5-6-12-18(30)26-28-20-14-8-2-4-10-16(14)24-22(20)32/h1-4,7-10,23-24,31-32H,5-6,11-12H2. The monoisotopic (exact) mass is 432 g/mol. The largest absolute Gasteiger partial charge is 0.493 e. The number of aromatic amines is 2. The maximum Gasteiger partial charge on any atom is 0.264 e. The molecule has 0 aliphatic heterocycles. The number of carbonyl (C=O) groups is 2. The molecule has 4 N–H and O–H groups in total. The minimum atomic E-state index is -0.451. The van der Waals surface area contributed by atoms with Crippen LogP contribution in [0.4, 0.5) is 11.4 Å². The smallest absolute Gasteiger partial charge is 0.264 e. The van der Waals surface area contributed by atoms with Crippen LogP contribution < -0.4 is 0 Å². The molecule has 0 saturated heterocycles. The van der Waals surface area contributed by atoms with Crippen molar-refractivity contribution in [2.75, 3.05) is 0 Å². The van der Waals surface area contributed by atoms with Gasteiger partial charge in [0.15, 0.2) is 11.4 Å². The quantitative estimate of drug-likeness (QED) is 0.223. The van der Waals surface area contributed by atoms with Gasteiger partial charge in [-0.15, -0.1) is 20.5 Å². The van der Waals surface area contributed by atoms with E-state index in [1.807, 2.05) is 12.1 Å². The minimum Gasteiger partial charge on any atom is -0.493 e. The van der Waals surface area contributed by atoms with Crippen LogP contribution in [0.2, 0.25) is 0 Å². The molecule has 2 aromatic carbocycles. The van der Waals surface area contributed by atoms with E-state index >= 15 is 0 Å². The lowest BCUT2D eigenvalue weighted by Gasteiger charge is -1.96. The van der Waals surface area contributed by atoms with Gasteiger partial charge < -0.3 is 20.2 Å². The lowest BCUT2D eigenvalue weighted by Crippen LogP contribution is -1.95. The predicted octanol–water partition coefficient (Wildman–Crippen LogP) is 5.54. The summed E-state index contributed by atoms with van der Waals surface area (Å²) >= 11 is 0. The van der Waals surface area contributed by atoms with Crippen LogP contribution in [0.1, 0.15) is 25.7 Å². The van der Waals surface area contributed by atoms with E-state index in [1.54, 1.807) is 36.4 Å². The molecule has 4 rings (SSSR count). The van der Waals surface area contributed by atoms with E-state index in [0.717, 1.165) is 0 Å². The number of nitrogens with one attached hydrogen (secondary N) is 2. The number of H-pyrrole nitrogens is 2. The zero-order chi connectivity index (χ0) is 22.5. The van der Waals surface area contributed by atoms with E-state index in [9.17, 15) is 19.8 Å². The average molecular weight is 432 g/mol. The molecule has 10 heteroatoms. The van der Waals surface area contributed by atoms with Crippen LogP contribution >= 0.6 is 0 Å². The first-order valence-electron chi connectivity index (χ1n) is 10.0. The Labute approximate surface area is 181 Å². The Morgan fingerprint density at radius 3 is 1.53 bits per heavy atom. The van der Waals surface area contributed by atoms with Crippen LogP contribution in [0.5, 0.6) is 11.8 Å². The van der Waals surface area contributed by atoms with Gasteiger partial charge >= 0.3 is 0 Å². The number of carbonyl (C=O) groups excluding carboxylic acids is 2. The maximum absolute atomic E-state index is 12.0. The summed E-state index contributed by atoms with van der Waals surface area (Å²) in [4.78, 5) is 29.5. The summed E-state index contributed by atoms with van der Waals surface area (Å²) in [5, 5.41) is 36.2. The number of benzene rings is 2. The molecule has 2 amide bonds. The Morgan fingerprint density at radius 2 is 1.09 bits per heavy atom. The van der Waals surface area contributed by atoms with Gasteiger partial charge in [0, 0.05) is 23.6 Å². The normalized spacial score (nSPS) is 11.9. The van der Waals surface area contributed by atoms with E-state index in [4.69, 9.17) is 0 Å². The number of aromatic nitrogens is 2. The summed E-state index contributed by atoms with van der Waals surface area (Å²) in [6, 6.07) is 14.3. The van der Waals surface area contributed by atoms with Crippen molar-refractivity contribution in [2.45, 2.75) is 25.7 Å². The van der Waals surface area contributed by atoms with E-state index in [-0.39, 0.29) is 36.0 Å².